The van der Waals surface area contributed by atoms with Crippen LogP contribution in [0.5, 0.6) is 0 Å². The maximum atomic E-state index is 4.34. The van der Waals surface area contributed by atoms with E-state index in [2.05, 4.69) is 27.0 Å². The molecule has 1 aromatic heterocycles. The second-order valence-electron chi connectivity index (χ2n) is 4.29. The van der Waals surface area contributed by atoms with Crippen molar-refractivity contribution in [3.05, 3.63) is 11.6 Å². The van der Waals surface area contributed by atoms with Gasteiger partial charge in [-0.1, -0.05) is 0 Å². The van der Waals surface area contributed by atoms with E-state index < -0.39 is 0 Å². The van der Waals surface area contributed by atoms with Gasteiger partial charge in [-0.15, -0.1) is 10.2 Å². The first-order valence-electron chi connectivity index (χ1n) is 5.59. The number of nitrogens with one attached hydrogen (secondary N) is 1. The van der Waals surface area contributed by atoms with Crippen molar-refractivity contribution in [2.45, 2.75) is 31.8 Å². The average molecular weight is 224 g/mol. The highest BCUT2D eigenvalue weighted by Gasteiger charge is 2.31. The number of hydrogen-bond acceptors (Lipinski definition) is 4. The maximum Gasteiger partial charge on any atom is 0.151 e. The quantitative estimate of drug-likeness (QED) is 0.822. The second-order valence-corrected chi connectivity index (χ2v) is 5.44. The summed E-state index contributed by atoms with van der Waals surface area (Å²) in [5.41, 5.74) is 0. The predicted octanol–water partition coefficient (Wildman–Crippen LogP) is 1.30. The molecule has 1 aliphatic carbocycles. The van der Waals surface area contributed by atoms with Gasteiger partial charge in [0.2, 0.25) is 0 Å². The molecule has 1 unspecified atom stereocenters. The predicted molar refractivity (Wildman–Crippen MR) is 61.1 cm³/mol. The zero-order chi connectivity index (χ0) is 10.3. The Hall–Kier alpha value is -0.550. The molecule has 0 aromatic carbocycles. The van der Waals surface area contributed by atoms with E-state index in [0.29, 0.717) is 12.1 Å². The van der Waals surface area contributed by atoms with Crippen molar-refractivity contribution in [1.82, 2.24) is 20.1 Å². The van der Waals surface area contributed by atoms with E-state index in [9.17, 15) is 0 Å². The monoisotopic (exact) mass is 224 g/mol. The third kappa shape index (κ3) is 1.78. The SMILES string of the molecule is Cc1nnc(C2CSCCN2)n1C1CC1. The first-order valence-corrected chi connectivity index (χ1v) is 6.74. The highest BCUT2D eigenvalue weighted by Crippen LogP contribution is 2.38. The fourth-order valence-electron chi connectivity index (χ4n) is 2.14. The summed E-state index contributed by atoms with van der Waals surface area (Å²) in [6.45, 7) is 3.15. The smallest absolute Gasteiger partial charge is 0.151 e. The molecule has 15 heavy (non-hydrogen) atoms. The molecule has 0 amide bonds. The summed E-state index contributed by atoms with van der Waals surface area (Å²) in [5.74, 6) is 4.57. The standard InChI is InChI=1S/C10H16N4S/c1-7-12-13-10(14(7)8-2-3-8)9-6-15-5-4-11-9/h8-9,11H,2-6H2,1H3. The highest BCUT2D eigenvalue weighted by atomic mass is 32.2. The number of thioether (sulfide) groups is 1. The van der Waals surface area contributed by atoms with Crippen LogP contribution in [-0.2, 0) is 0 Å². The van der Waals surface area contributed by atoms with Gasteiger partial charge in [-0.05, 0) is 19.8 Å². The number of hydrogen-bond donors (Lipinski definition) is 1. The molecular formula is C10H16N4S. The van der Waals surface area contributed by atoms with Crippen LogP contribution in [-0.4, -0.2) is 32.8 Å². The molecule has 1 aromatic rings. The molecule has 0 bridgehead atoms. The van der Waals surface area contributed by atoms with Crippen LogP contribution >= 0.6 is 11.8 Å². The molecule has 1 saturated carbocycles. The van der Waals surface area contributed by atoms with Crippen LogP contribution in [0.25, 0.3) is 0 Å². The Morgan fingerprint density at radius 1 is 1.40 bits per heavy atom. The van der Waals surface area contributed by atoms with Gasteiger partial charge >= 0.3 is 0 Å². The van der Waals surface area contributed by atoms with Crippen molar-refractivity contribution in [1.29, 1.82) is 0 Å². The first kappa shape index (κ1) is 9.66. The largest absolute Gasteiger partial charge is 0.311 e. The van der Waals surface area contributed by atoms with E-state index in [1.165, 1.54) is 18.6 Å². The fraction of sp³-hybridized carbons (Fsp3) is 0.800. The van der Waals surface area contributed by atoms with Gasteiger partial charge in [0.15, 0.2) is 5.82 Å². The Kier molecular flexibility index (Phi) is 2.44. The van der Waals surface area contributed by atoms with Gasteiger partial charge < -0.3 is 9.88 Å². The van der Waals surface area contributed by atoms with E-state index in [0.717, 1.165) is 23.9 Å². The number of nitrogens with zero attached hydrogens (tertiary/aromatic N) is 3. The topological polar surface area (TPSA) is 42.7 Å². The third-order valence-electron chi connectivity index (χ3n) is 3.04. The van der Waals surface area contributed by atoms with Gasteiger partial charge in [0.25, 0.3) is 0 Å². The van der Waals surface area contributed by atoms with E-state index in [1.807, 2.05) is 11.8 Å². The molecule has 1 aliphatic heterocycles. The van der Waals surface area contributed by atoms with Crippen LogP contribution in [0.2, 0.25) is 0 Å². The molecule has 2 fully saturated rings. The Morgan fingerprint density at radius 2 is 2.27 bits per heavy atom. The van der Waals surface area contributed by atoms with Crippen LogP contribution in [0.3, 0.4) is 0 Å². The van der Waals surface area contributed by atoms with E-state index in [1.54, 1.807) is 0 Å². The van der Waals surface area contributed by atoms with E-state index in [-0.39, 0.29) is 0 Å². The molecule has 0 spiro atoms. The summed E-state index contributed by atoms with van der Waals surface area (Å²) in [6, 6.07) is 1.09. The minimum absolute atomic E-state index is 0.408. The summed E-state index contributed by atoms with van der Waals surface area (Å²) >= 11 is 2.00. The molecule has 2 heterocycles. The maximum absolute atomic E-state index is 4.34. The number of aromatic nitrogens is 3. The van der Waals surface area contributed by atoms with E-state index >= 15 is 0 Å². The first-order chi connectivity index (χ1) is 7.36. The van der Waals surface area contributed by atoms with Crippen LogP contribution in [0.4, 0.5) is 0 Å². The van der Waals surface area contributed by atoms with Crippen molar-refractivity contribution >= 4 is 11.8 Å². The Balaban J connectivity index is 1.89. The van der Waals surface area contributed by atoms with Crippen molar-refractivity contribution in [2.75, 3.05) is 18.1 Å². The van der Waals surface area contributed by atoms with Crippen molar-refractivity contribution in [2.24, 2.45) is 0 Å². The van der Waals surface area contributed by atoms with Gasteiger partial charge in [-0.25, -0.2) is 0 Å². The lowest BCUT2D eigenvalue weighted by Crippen LogP contribution is -2.32. The molecule has 1 saturated heterocycles. The highest BCUT2D eigenvalue weighted by molar-refractivity contribution is 7.99. The van der Waals surface area contributed by atoms with E-state index in [4.69, 9.17) is 0 Å². The molecule has 1 N–H and O–H groups in total. The van der Waals surface area contributed by atoms with Gasteiger partial charge in [0.05, 0.1) is 6.04 Å². The fourth-order valence-corrected chi connectivity index (χ4v) is 3.07. The summed E-state index contributed by atoms with van der Waals surface area (Å²) in [7, 11) is 0. The normalized spacial score (nSPS) is 26.9. The van der Waals surface area contributed by atoms with Crippen LogP contribution in [0.15, 0.2) is 0 Å². The average Bonchev–Trinajstić information content (AvgIpc) is 3.03. The molecule has 0 radical (unpaired) electrons. The van der Waals surface area contributed by atoms with Gasteiger partial charge in [-0.2, -0.15) is 11.8 Å². The van der Waals surface area contributed by atoms with Crippen LogP contribution in [0.1, 0.15) is 36.6 Å². The lowest BCUT2D eigenvalue weighted by Gasteiger charge is -2.23. The lowest BCUT2D eigenvalue weighted by atomic mass is 10.3. The Bertz CT molecular complexity index is 352. The minimum atomic E-state index is 0.408. The summed E-state index contributed by atoms with van der Waals surface area (Å²) in [4.78, 5) is 0. The van der Waals surface area contributed by atoms with Crippen molar-refractivity contribution < 1.29 is 0 Å². The molecule has 3 rings (SSSR count). The lowest BCUT2D eigenvalue weighted by molar-refractivity contribution is 0.523. The molecule has 5 heteroatoms. The van der Waals surface area contributed by atoms with Gasteiger partial charge in [0.1, 0.15) is 5.82 Å². The zero-order valence-electron chi connectivity index (χ0n) is 8.94. The van der Waals surface area contributed by atoms with Crippen LogP contribution < -0.4 is 5.32 Å². The van der Waals surface area contributed by atoms with Crippen molar-refractivity contribution in [3.63, 3.8) is 0 Å². The summed E-state index contributed by atoms with van der Waals surface area (Å²) in [6.07, 6.45) is 2.59. The number of rotatable bonds is 2. The molecule has 1 atom stereocenters. The minimum Gasteiger partial charge on any atom is -0.311 e. The summed E-state index contributed by atoms with van der Waals surface area (Å²) < 4.78 is 2.34. The zero-order valence-corrected chi connectivity index (χ0v) is 9.76. The molecule has 82 valence electrons. The Labute approximate surface area is 93.8 Å². The third-order valence-corrected chi connectivity index (χ3v) is 4.10. The van der Waals surface area contributed by atoms with Crippen LogP contribution in [0, 0.1) is 6.92 Å². The van der Waals surface area contributed by atoms with Gasteiger partial charge in [0, 0.05) is 24.1 Å². The van der Waals surface area contributed by atoms with Crippen molar-refractivity contribution in [3.8, 4) is 0 Å². The summed E-state index contributed by atoms with van der Waals surface area (Å²) in [5, 5.41) is 12.1. The Morgan fingerprint density at radius 3 is 2.93 bits per heavy atom. The number of aryl methyl sites for hydroxylation is 1. The molecule has 2 aliphatic rings. The van der Waals surface area contributed by atoms with Gasteiger partial charge in [-0.3, -0.25) is 0 Å². The molecular weight excluding hydrogens is 208 g/mol. The second kappa shape index (κ2) is 3.79. The molecule has 4 nitrogen and oxygen atoms in total.